The van der Waals surface area contributed by atoms with Crippen molar-refractivity contribution in [3.63, 3.8) is 0 Å². The Morgan fingerprint density at radius 3 is 2.88 bits per heavy atom. The average Bonchev–Trinajstić information content (AvgIpc) is 2.29. The highest BCUT2D eigenvalue weighted by Gasteiger charge is 2.17. The number of hydrogen-bond donors (Lipinski definition) is 2. The van der Waals surface area contributed by atoms with Crippen LogP contribution in [0.2, 0.25) is 0 Å². The van der Waals surface area contributed by atoms with E-state index in [1.165, 1.54) is 13.2 Å². The van der Waals surface area contributed by atoms with Crippen LogP contribution in [0.3, 0.4) is 0 Å². The SMILES string of the molecule is COc1ccc(C2CCN=C(N)N2)cc1F.Cl. The Morgan fingerprint density at radius 2 is 2.29 bits per heavy atom. The molecule has 0 saturated heterocycles. The van der Waals surface area contributed by atoms with E-state index in [0.717, 1.165) is 12.0 Å². The van der Waals surface area contributed by atoms with Crippen LogP contribution in [0.25, 0.3) is 0 Å². The highest BCUT2D eigenvalue weighted by Crippen LogP contribution is 2.24. The third-order valence-electron chi connectivity index (χ3n) is 2.60. The van der Waals surface area contributed by atoms with E-state index < -0.39 is 0 Å². The standard InChI is InChI=1S/C11H14FN3O.ClH/c1-16-10-3-2-7(6-8(10)12)9-4-5-14-11(13)15-9;/h2-3,6,9H,4-5H2,1H3,(H3,13,14,15);1H. The second kappa shape index (κ2) is 5.72. The zero-order valence-electron chi connectivity index (χ0n) is 9.44. The number of methoxy groups -OCH3 is 1. The van der Waals surface area contributed by atoms with E-state index in [1.807, 2.05) is 6.07 Å². The molecule has 17 heavy (non-hydrogen) atoms. The number of benzene rings is 1. The van der Waals surface area contributed by atoms with E-state index in [1.54, 1.807) is 6.07 Å². The zero-order valence-corrected chi connectivity index (χ0v) is 10.3. The van der Waals surface area contributed by atoms with Crippen LogP contribution in [0, 0.1) is 5.82 Å². The molecule has 0 amide bonds. The van der Waals surface area contributed by atoms with Crippen molar-refractivity contribution in [3.05, 3.63) is 29.6 Å². The highest BCUT2D eigenvalue weighted by molar-refractivity contribution is 5.85. The molecular weight excluding hydrogens is 245 g/mol. The Kier molecular flexibility index (Phi) is 4.57. The Balaban J connectivity index is 0.00000144. The van der Waals surface area contributed by atoms with Crippen molar-refractivity contribution in [3.8, 4) is 5.75 Å². The summed E-state index contributed by atoms with van der Waals surface area (Å²) in [5, 5.41) is 3.02. The summed E-state index contributed by atoms with van der Waals surface area (Å²) in [6, 6.07) is 4.94. The molecule has 1 unspecified atom stereocenters. The van der Waals surface area contributed by atoms with Gasteiger partial charge in [-0.25, -0.2) is 4.39 Å². The number of nitrogens with zero attached hydrogens (tertiary/aromatic N) is 1. The summed E-state index contributed by atoms with van der Waals surface area (Å²) in [5.41, 5.74) is 6.43. The molecule has 94 valence electrons. The fraction of sp³-hybridized carbons (Fsp3) is 0.364. The van der Waals surface area contributed by atoms with E-state index in [9.17, 15) is 4.39 Å². The topological polar surface area (TPSA) is 59.6 Å². The number of hydrogen-bond acceptors (Lipinski definition) is 4. The minimum Gasteiger partial charge on any atom is -0.494 e. The minimum absolute atomic E-state index is 0. The van der Waals surface area contributed by atoms with Gasteiger partial charge in [0.05, 0.1) is 13.2 Å². The predicted molar refractivity (Wildman–Crippen MR) is 67.2 cm³/mol. The molecular formula is C11H15ClFN3O. The van der Waals surface area contributed by atoms with Crippen LogP contribution in [-0.4, -0.2) is 19.6 Å². The van der Waals surface area contributed by atoms with Gasteiger partial charge in [0.1, 0.15) is 0 Å². The lowest BCUT2D eigenvalue weighted by molar-refractivity contribution is 0.385. The van der Waals surface area contributed by atoms with Crippen LogP contribution in [0.1, 0.15) is 18.0 Å². The normalized spacial score (nSPS) is 18.7. The first-order valence-electron chi connectivity index (χ1n) is 5.10. The van der Waals surface area contributed by atoms with E-state index in [0.29, 0.717) is 12.5 Å². The molecule has 0 aliphatic carbocycles. The van der Waals surface area contributed by atoms with Gasteiger partial charge in [-0.05, 0) is 24.1 Å². The number of ether oxygens (including phenoxy) is 1. The summed E-state index contributed by atoms with van der Waals surface area (Å²) < 4.78 is 18.4. The molecule has 0 fully saturated rings. The first kappa shape index (κ1) is 13.6. The summed E-state index contributed by atoms with van der Waals surface area (Å²) in [6.07, 6.45) is 0.812. The number of nitrogens with one attached hydrogen (secondary N) is 1. The largest absolute Gasteiger partial charge is 0.494 e. The van der Waals surface area contributed by atoms with E-state index in [4.69, 9.17) is 10.5 Å². The molecule has 1 aromatic rings. The highest BCUT2D eigenvalue weighted by atomic mass is 35.5. The molecule has 1 atom stereocenters. The molecule has 1 aliphatic rings. The van der Waals surface area contributed by atoms with Gasteiger partial charge in [-0.1, -0.05) is 6.07 Å². The summed E-state index contributed by atoms with van der Waals surface area (Å²) in [6.45, 7) is 0.664. The molecule has 3 N–H and O–H groups in total. The molecule has 1 aromatic carbocycles. The van der Waals surface area contributed by atoms with Crippen LogP contribution >= 0.6 is 12.4 Å². The van der Waals surface area contributed by atoms with Crippen molar-refractivity contribution in [2.45, 2.75) is 12.5 Å². The predicted octanol–water partition coefficient (Wildman–Crippen LogP) is 1.61. The second-order valence-electron chi connectivity index (χ2n) is 3.65. The third-order valence-corrected chi connectivity index (χ3v) is 2.60. The van der Waals surface area contributed by atoms with Crippen molar-refractivity contribution in [2.75, 3.05) is 13.7 Å². The zero-order chi connectivity index (χ0) is 11.5. The van der Waals surface area contributed by atoms with Gasteiger partial charge in [0, 0.05) is 6.54 Å². The molecule has 1 heterocycles. The number of guanidine groups is 1. The fourth-order valence-corrected chi connectivity index (χ4v) is 1.76. The quantitative estimate of drug-likeness (QED) is 0.848. The summed E-state index contributed by atoms with van der Waals surface area (Å²) >= 11 is 0. The molecule has 0 spiro atoms. The number of rotatable bonds is 2. The van der Waals surface area contributed by atoms with Gasteiger partial charge in [-0.15, -0.1) is 12.4 Å². The lowest BCUT2D eigenvalue weighted by Gasteiger charge is -2.23. The summed E-state index contributed by atoms with van der Waals surface area (Å²) in [4.78, 5) is 4.03. The van der Waals surface area contributed by atoms with Gasteiger partial charge < -0.3 is 15.8 Å². The average molecular weight is 260 g/mol. The molecule has 6 heteroatoms. The van der Waals surface area contributed by atoms with Crippen molar-refractivity contribution in [2.24, 2.45) is 10.7 Å². The molecule has 1 aliphatic heterocycles. The van der Waals surface area contributed by atoms with Crippen LogP contribution < -0.4 is 15.8 Å². The molecule has 0 radical (unpaired) electrons. The minimum atomic E-state index is -0.358. The molecule has 0 bridgehead atoms. The Morgan fingerprint density at radius 1 is 1.53 bits per heavy atom. The van der Waals surface area contributed by atoms with Crippen molar-refractivity contribution < 1.29 is 9.13 Å². The number of halogens is 2. The van der Waals surface area contributed by atoms with Gasteiger partial charge in [-0.2, -0.15) is 0 Å². The Bertz CT molecular complexity index is 425. The lowest BCUT2D eigenvalue weighted by atomic mass is 10.0. The third kappa shape index (κ3) is 3.00. The molecule has 0 saturated carbocycles. The van der Waals surface area contributed by atoms with Crippen molar-refractivity contribution in [1.29, 1.82) is 0 Å². The maximum absolute atomic E-state index is 13.5. The smallest absolute Gasteiger partial charge is 0.189 e. The van der Waals surface area contributed by atoms with Gasteiger partial charge in [0.2, 0.25) is 0 Å². The molecule has 4 nitrogen and oxygen atoms in total. The fourth-order valence-electron chi connectivity index (χ4n) is 1.76. The first-order valence-corrected chi connectivity index (χ1v) is 5.10. The maximum Gasteiger partial charge on any atom is 0.189 e. The van der Waals surface area contributed by atoms with Crippen LogP contribution in [0.4, 0.5) is 4.39 Å². The second-order valence-corrected chi connectivity index (χ2v) is 3.65. The summed E-state index contributed by atoms with van der Waals surface area (Å²) in [5.74, 6) is 0.302. The Labute approximate surface area is 105 Å². The maximum atomic E-state index is 13.5. The van der Waals surface area contributed by atoms with E-state index >= 15 is 0 Å². The van der Waals surface area contributed by atoms with Crippen LogP contribution in [-0.2, 0) is 0 Å². The van der Waals surface area contributed by atoms with Crippen LogP contribution in [0.5, 0.6) is 5.75 Å². The monoisotopic (exact) mass is 259 g/mol. The number of aliphatic imine (C=N–C) groups is 1. The van der Waals surface area contributed by atoms with Gasteiger partial charge in [-0.3, -0.25) is 4.99 Å². The molecule has 0 aromatic heterocycles. The van der Waals surface area contributed by atoms with Gasteiger partial charge in [0.15, 0.2) is 17.5 Å². The van der Waals surface area contributed by atoms with Crippen LogP contribution in [0.15, 0.2) is 23.2 Å². The summed E-state index contributed by atoms with van der Waals surface area (Å²) in [7, 11) is 1.45. The van der Waals surface area contributed by atoms with Crippen molar-refractivity contribution in [1.82, 2.24) is 5.32 Å². The first-order chi connectivity index (χ1) is 7.70. The number of nitrogens with two attached hydrogens (primary N) is 1. The van der Waals surface area contributed by atoms with Gasteiger partial charge in [0.25, 0.3) is 0 Å². The van der Waals surface area contributed by atoms with E-state index in [2.05, 4.69) is 10.3 Å². The Hall–Kier alpha value is -1.49. The van der Waals surface area contributed by atoms with Crippen molar-refractivity contribution >= 4 is 18.4 Å². The lowest BCUT2D eigenvalue weighted by Crippen LogP contribution is -2.38. The van der Waals surface area contributed by atoms with E-state index in [-0.39, 0.29) is 30.0 Å². The molecule has 2 rings (SSSR count). The van der Waals surface area contributed by atoms with Gasteiger partial charge >= 0.3 is 0 Å².